The summed E-state index contributed by atoms with van der Waals surface area (Å²) in [7, 11) is 0. The number of amides is 4. The van der Waals surface area contributed by atoms with Crippen LogP contribution in [0.3, 0.4) is 0 Å². The monoisotopic (exact) mass is 851 g/mol. The number of carbonyl (C=O) groups excluding carboxylic acids is 6. The summed E-state index contributed by atoms with van der Waals surface area (Å²) in [5, 5.41) is 12.5. The number of unbranched alkanes of at least 4 members (excludes halogenated alkanes) is 1. The number of carbonyl (C=O) groups is 6. The average Bonchev–Trinajstić information content (AvgIpc) is 3.47. The number of primary amides is 2. The Labute approximate surface area is 348 Å². The normalized spacial score (nSPS) is 17.6. The molecular weight excluding hydrogens is 791 g/mol. The summed E-state index contributed by atoms with van der Waals surface area (Å²) in [6, 6.07) is 4.24. The van der Waals surface area contributed by atoms with E-state index in [1.54, 1.807) is 41.5 Å². The number of halogens is 3. The van der Waals surface area contributed by atoms with Gasteiger partial charge in [0.1, 0.15) is 17.3 Å². The molecule has 2 aliphatic carbocycles. The van der Waals surface area contributed by atoms with E-state index < -0.39 is 63.9 Å². The molecule has 60 heavy (non-hydrogen) atoms. The Kier molecular flexibility index (Phi) is 16.6. The number of ether oxygens (including phenoxy) is 3. The summed E-state index contributed by atoms with van der Waals surface area (Å²) in [5.41, 5.74) is 7.97. The van der Waals surface area contributed by atoms with Crippen molar-refractivity contribution in [2.24, 2.45) is 16.9 Å². The second-order valence-corrected chi connectivity index (χ2v) is 17.7. The molecule has 7 N–H and O–H groups in total. The number of nitrogens with zero attached hydrogens (tertiary/aromatic N) is 2. The SMILES string of the molecule is CC(C)(C)OC(N)=O.CC1(C)CC(=O)c2c(C(F)(F)F)nn(-c3ccc(C(N)=O)c(NC4CCC(OC(=O)CCNC(=O)CCCCNC(=O)OC(C)(C)C)CC4)c3)c2C1. The molecule has 334 valence electrons. The third-order valence-electron chi connectivity index (χ3n) is 9.22. The van der Waals surface area contributed by atoms with Gasteiger partial charge in [-0.05, 0) is 110 Å². The molecule has 4 amide bonds. The molecule has 0 unspecified atom stereocenters. The molecule has 1 aromatic carbocycles. The minimum atomic E-state index is -4.83. The number of hydrogen-bond donors (Lipinski definition) is 5. The molecule has 2 aromatic rings. The second-order valence-electron chi connectivity index (χ2n) is 17.7. The van der Waals surface area contributed by atoms with Crippen LogP contribution >= 0.6 is 0 Å². The zero-order valence-corrected chi connectivity index (χ0v) is 35.7. The van der Waals surface area contributed by atoms with Gasteiger partial charge in [-0.1, -0.05) is 13.8 Å². The van der Waals surface area contributed by atoms with Crippen LogP contribution in [-0.2, 0) is 36.4 Å². The maximum absolute atomic E-state index is 14.0. The summed E-state index contributed by atoms with van der Waals surface area (Å²) in [6.07, 6.45) is -2.64. The Balaban J connectivity index is 0.00000109. The smallest absolute Gasteiger partial charge is 0.435 e. The van der Waals surface area contributed by atoms with Crippen LogP contribution in [0.5, 0.6) is 0 Å². The Morgan fingerprint density at radius 1 is 0.867 bits per heavy atom. The quantitative estimate of drug-likeness (QED) is 0.0829. The predicted molar refractivity (Wildman–Crippen MR) is 215 cm³/mol. The molecule has 2 aliphatic rings. The fourth-order valence-electron chi connectivity index (χ4n) is 6.76. The standard InChI is InChI=1S/C36H49F3N6O7.C5H11NO2/c1-34(2,3)52-33(50)42-16-7-6-8-28(47)41-17-15-29(48)51-23-12-9-21(10-13-23)43-25-18-22(11-14-24(25)32(40)49)45-26-19-35(4,5)20-27(46)30(26)31(44-45)36(37,38)39;1-5(2,3)8-4(6)7/h11,14,18,21,23,43H,6-10,12-13,15-17,19-20H2,1-5H3,(H2,40,49)(H,41,47)(H,42,50);1-3H3,(H2,6,7). The summed E-state index contributed by atoms with van der Waals surface area (Å²) >= 11 is 0. The summed E-state index contributed by atoms with van der Waals surface area (Å²) in [4.78, 5) is 71.4. The van der Waals surface area contributed by atoms with Crippen LogP contribution in [0, 0.1) is 5.41 Å². The fourth-order valence-corrected chi connectivity index (χ4v) is 6.76. The van der Waals surface area contributed by atoms with Gasteiger partial charge in [0.2, 0.25) is 5.91 Å². The van der Waals surface area contributed by atoms with Gasteiger partial charge in [-0.15, -0.1) is 0 Å². The number of anilines is 1. The van der Waals surface area contributed by atoms with Crippen molar-refractivity contribution in [2.45, 2.75) is 149 Å². The van der Waals surface area contributed by atoms with E-state index in [9.17, 15) is 41.9 Å². The zero-order chi connectivity index (χ0) is 45.2. The number of nitrogens with two attached hydrogens (primary N) is 2. The Morgan fingerprint density at radius 2 is 1.50 bits per heavy atom. The number of Topliss-reactive ketones (excluding diaryl/α,β-unsaturated/α-hetero) is 1. The lowest BCUT2D eigenvalue weighted by molar-refractivity contribution is -0.150. The first-order valence-electron chi connectivity index (χ1n) is 20.0. The van der Waals surface area contributed by atoms with Crippen LogP contribution < -0.4 is 27.4 Å². The fraction of sp³-hybridized carbons (Fsp3) is 0.634. The van der Waals surface area contributed by atoms with E-state index in [1.165, 1.54) is 18.2 Å². The van der Waals surface area contributed by atoms with Crippen molar-refractivity contribution in [3.8, 4) is 5.69 Å². The van der Waals surface area contributed by atoms with E-state index in [4.69, 9.17) is 20.9 Å². The van der Waals surface area contributed by atoms with Gasteiger partial charge >= 0.3 is 24.3 Å². The molecule has 0 bridgehead atoms. The number of rotatable bonds is 13. The van der Waals surface area contributed by atoms with Gasteiger partial charge in [0.05, 0.1) is 28.9 Å². The summed E-state index contributed by atoms with van der Waals surface area (Å²) in [5.74, 6) is -1.99. The lowest BCUT2D eigenvalue weighted by atomic mass is 9.75. The average molecular weight is 852 g/mol. The highest BCUT2D eigenvalue weighted by atomic mass is 19.4. The molecule has 1 aromatic heterocycles. The third-order valence-corrected chi connectivity index (χ3v) is 9.22. The molecule has 0 radical (unpaired) electrons. The first-order chi connectivity index (χ1) is 27.6. The van der Waals surface area contributed by atoms with Crippen molar-refractivity contribution >= 4 is 41.4 Å². The minimum absolute atomic E-state index is 0.00877. The molecule has 0 saturated heterocycles. The van der Waals surface area contributed by atoms with Crippen molar-refractivity contribution in [2.75, 3.05) is 18.4 Å². The molecule has 1 heterocycles. The Hall–Kier alpha value is -5.36. The largest absolute Gasteiger partial charge is 0.462 e. The molecular formula is C41H60F3N7O9. The lowest BCUT2D eigenvalue weighted by Crippen LogP contribution is -2.33. The molecule has 0 spiro atoms. The molecule has 0 aliphatic heterocycles. The third kappa shape index (κ3) is 16.0. The van der Waals surface area contributed by atoms with Crippen molar-refractivity contribution in [3.63, 3.8) is 0 Å². The van der Waals surface area contributed by atoms with Crippen molar-refractivity contribution in [3.05, 3.63) is 40.7 Å². The van der Waals surface area contributed by atoms with E-state index >= 15 is 0 Å². The molecule has 19 heteroatoms. The van der Waals surface area contributed by atoms with E-state index in [1.807, 2.05) is 13.8 Å². The number of alkyl halides is 3. The number of nitrogens with one attached hydrogen (secondary N) is 3. The number of fused-ring (bicyclic) bond motifs is 1. The number of alkyl carbamates (subject to hydrolysis) is 1. The Bertz CT molecular complexity index is 1870. The van der Waals surface area contributed by atoms with Gasteiger partial charge < -0.3 is 41.6 Å². The topological polar surface area (TPSA) is 236 Å². The summed E-state index contributed by atoms with van der Waals surface area (Å²) < 4.78 is 58.4. The van der Waals surface area contributed by atoms with E-state index in [2.05, 4.69) is 25.8 Å². The van der Waals surface area contributed by atoms with Crippen LogP contribution in [0.4, 0.5) is 28.4 Å². The van der Waals surface area contributed by atoms with Gasteiger partial charge in [-0.2, -0.15) is 18.3 Å². The molecule has 16 nitrogen and oxygen atoms in total. The molecule has 4 rings (SSSR count). The first kappa shape index (κ1) is 49.0. The van der Waals surface area contributed by atoms with Crippen LogP contribution in [-0.4, -0.2) is 82.0 Å². The maximum Gasteiger partial charge on any atom is 0.435 e. The molecule has 0 atom stereocenters. The van der Waals surface area contributed by atoms with Crippen molar-refractivity contribution < 1.29 is 56.1 Å². The van der Waals surface area contributed by atoms with Crippen LogP contribution in [0.2, 0.25) is 0 Å². The van der Waals surface area contributed by atoms with E-state index in [-0.39, 0.29) is 67.2 Å². The van der Waals surface area contributed by atoms with Crippen LogP contribution in [0.25, 0.3) is 5.69 Å². The predicted octanol–water partition coefficient (Wildman–Crippen LogP) is 6.49. The maximum atomic E-state index is 14.0. The molecule has 1 fully saturated rings. The van der Waals surface area contributed by atoms with Crippen LogP contribution in [0.15, 0.2) is 18.2 Å². The minimum Gasteiger partial charge on any atom is -0.462 e. The number of esters is 1. The number of ketones is 1. The number of hydrogen-bond acceptors (Lipinski definition) is 11. The number of benzene rings is 1. The Morgan fingerprint density at radius 3 is 2.05 bits per heavy atom. The van der Waals surface area contributed by atoms with Gasteiger partial charge in [0, 0.05) is 37.7 Å². The van der Waals surface area contributed by atoms with E-state index in [0.717, 1.165) is 4.68 Å². The highest BCUT2D eigenvalue weighted by molar-refractivity contribution is 6.00. The highest BCUT2D eigenvalue weighted by Gasteiger charge is 2.45. The second kappa shape index (κ2) is 20.3. The highest BCUT2D eigenvalue weighted by Crippen LogP contribution is 2.42. The first-order valence-corrected chi connectivity index (χ1v) is 20.0. The zero-order valence-electron chi connectivity index (χ0n) is 35.7. The van der Waals surface area contributed by atoms with Crippen molar-refractivity contribution in [1.29, 1.82) is 0 Å². The number of aromatic nitrogens is 2. The van der Waals surface area contributed by atoms with Crippen molar-refractivity contribution in [1.82, 2.24) is 20.4 Å². The van der Waals surface area contributed by atoms with Gasteiger partial charge in [0.25, 0.3) is 5.91 Å². The van der Waals surface area contributed by atoms with Crippen LogP contribution in [0.1, 0.15) is 145 Å². The lowest BCUT2D eigenvalue weighted by Gasteiger charge is -2.30. The van der Waals surface area contributed by atoms with Gasteiger partial charge in [0.15, 0.2) is 11.5 Å². The van der Waals surface area contributed by atoms with E-state index in [0.29, 0.717) is 50.8 Å². The summed E-state index contributed by atoms with van der Waals surface area (Å²) in [6.45, 7) is 14.7. The molecule has 1 saturated carbocycles. The van der Waals surface area contributed by atoms with Gasteiger partial charge in [-0.25, -0.2) is 14.3 Å². The van der Waals surface area contributed by atoms with Gasteiger partial charge in [-0.3, -0.25) is 19.2 Å².